The molecule has 2 rings (SSSR count). The first-order valence-corrected chi connectivity index (χ1v) is 3.46. The molecule has 1 N–H and O–H groups in total. The molecule has 1 aromatic rings. The number of nitrogens with one attached hydrogen (secondary N) is 1. The van der Waals surface area contributed by atoms with Crippen LogP contribution in [0.4, 0.5) is 0 Å². The summed E-state index contributed by atoms with van der Waals surface area (Å²) >= 11 is 0. The second-order valence-electron chi connectivity index (χ2n) is 2.25. The molecular formula is C6H8N4O. The average molecular weight is 152 g/mol. The lowest BCUT2D eigenvalue weighted by molar-refractivity contribution is 0.0974. The Bertz CT molecular complexity index is 221. The number of hydrogen-bond acceptors (Lipinski definition) is 5. The zero-order chi connectivity index (χ0) is 7.52. The van der Waals surface area contributed by atoms with Gasteiger partial charge >= 0.3 is 0 Å². The van der Waals surface area contributed by atoms with Gasteiger partial charge in [0.05, 0.1) is 12.8 Å². The molecule has 58 valence electrons. The zero-order valence-electron chi connectivity index (χ0n) is 5.90. The topological polar surface area (TPSA) is 59.9 Å². The smallest absolute Gasteiger partial charge is 0.153 e. The Labute approximate surface area is 63.8 Å². The van der Waals surface area contributed by atoms with Crippen molar-refractivity contribution in [3.8, 4) is 0 Å². The van der Waals surface area contributed by atoms with Crippen LogP contribution in [-0.2, 0) is 4.74 Å². The van der Waals surface area contributed by atoms with Gasteiger partial charge in [-0.3, -0.25) is 5.32 Å². The molecule has 0 spiro atoms. The SMILES string of the molecule is c1cc(C2NCCO2)nnn1. The summed E-state index contributed by atoms with van der Waals surface area (Å²) in [5.41, 5.74) is 0.789. The van der Waals surface area contributed by atoms with Crippen LogP contribution < -0.4 is 5.32 Å². The fourth-order valence-electron chi connectivity index (χ4n) is 1.01. The number of nitrogens with zero attached hydrogens (tertiary/aromatic N) is 3. The van der Waals surface area contributed by atoms with Crippen molar-refractivity contribution in [2.24, 2.45) is 0 Å². The lowest BCUT2D eigenvalue weighted by Gasteiger charge is -2.05. The molecule has 5 nitrogen and oxygen atoms in total. The molecule has 2 heterocycles. The second kappa shape index (κ2) is 2.89. The molecule has 11 heavy (non-hydrogen) atoms. The second-order valence-corrected chi connectivity index (χ2v) is 2.25. The number of aromatic nitrogens is 3. The summed E-state index contributed by atoms with van der Waals surface area (Å²) in [6.07, 6.45) is 1.51. The Kier molecular flexibility index (Phi) is 1.74. The molecule has 1 fully saturated rings. The van der Waals surface area contributed by atoms with Crippen molar-refractivity contribution in [2.45, 2.75) is 6.23 Å². The van der Waals surface area contributed by atoms with Crippen LogP contribution in [0.5, 0.6) is 0 Å². The van der Waals surface area contributed by atoms with Gasteiger partial charge < -0.3 is 4.74 Å². The molecule has 0 aromatic carbocycles. The Morgan fingerprint density at radius 2 is 2.64 bits per heavy atom. The van der Waals surface area contributed by atoms with Crippen LogP contribution in [0, 0.1) is 0 Å². The molecule has 1 aliphatic rings. The van der Waals surface area contributed by atoms with E-state index in [1.54, 1.807) is 12.3 Å². The van der Waals surface area contributed by atoms with E-state index in [0.717, 1.165) is 18.8 Å². The minimum absolute atomic E-state index is 0.0921. The van der Waals surface area contributed by atoms with Gasteiger partial charge in [0.1, 0.15) is 5.69 Å². The van der Waals surface area contributed by atoms with E-state index >= 15 is 0 Å². The molecule has 0 bridgehead atoms. The Balaban J connectivity index is 2.16. The van der Waals surface area contributed by atoms with Gasteiger partial charge in [0.15, 0.2) is 6.23 Å². The van der Waals surface area contributed by atoms with Crippen molar-refractivity contribution in [2.75, 3.05) is 13.2 Å². The Morgan fingerprint density at radius 1 is 1.64 bits per heavy atom. The standard InChI is InChI=1S/C6H8N4O/c1-2-8-10-9-5(1)6-7-3-4-11-6/h1-2,6-7H,3-4H2. The maximum atomic E-state index is 5.30. The minimum Gasteiger partial charge on any atom is -0.356 e. The van der Waals surface area contributed by atoms with Crippen LogP contribution in [0.25, 0.3) is 0 Å². The van der Waals surface area contributed by atoms with Crippen molar-refractivity contribution in [3.63, 3.8) is 0 Å². The molecule has 0 aliphatic carbocycles. The highest BCUT2D eigenvalue weighted by molar-refractivity contribution is 5.00. The van der Waals surface area contributed by atoms with Gasteiger partial charge in [-0.2, -0.15) is 0 Å². The number of ether oxygens (including phenoxy) is 1. The van der Waals surface area contributed by atoms with Crippen LogP contribution in [-0.4, -0.2) is 28.6 Å². The predicted octanol–water partition coefficient (Wildman–Crippen LogP) is -0.510. The maximum absolute atomic E-state index is 5.30. The molecule has 1 atom stereocenters. The summed E-state index contributed by atoms with van der Waals surface area (Å²) in [6, 6.07) is 1.79. The highest BCUT2D eigenvalue weighted by atomic mass is 16.5. The normalized spacial score (nSPS) is 23.8. The van der Waals surface area contributed by atoms with E-state index in [1.165, 1.54) is 0 Å². The molecular weight excluding hydrogens is 144 g/mol. The Hall–Kier alpha value is -1.07. The molecule has 0 saturated carbocycles. The predicted molar refractivity (Wildman–Crippen MR) is 36.5 cm³/mol. The molecule has 1 aromatic heterocycles. The number of rotatable bonds is 1. The molecule has 5 heteroatoms. The highest BCUT2D eigenvalue weighted by Crippen LogP contribution is 2.12. The minimum atomic E-state index is -0.0921. The fraction of sp³-hybridized carbons (Fsp3) is 0.500. The Morgan fingerprint density at radius 3 is 3.27 bits per heavy atom. The van der Waals surface area contributed by atoms with E-state index in [9.17, 15) is 0 Å². The van der Waals surface area contributed by atoms with E-state index in [2.05, 4.69) is 20.7 Å². The monoisotopic (exact) mass is 152 g/mol. The molecule has 1 aliphatic heterocycles. The molecule has 0 radical (unpaired) electrons. The highest BCUT2D eigenvalue weighted by Gasteiger charge is 2.17. The summed E-state index contributed by atoms with van der Waals surface area (Å²) in [4.78, 5) is 0. The third-order valence-electron chi connectivity index (χ3n) is 1.51. The first-order chi connectivity index (χ1) is 5.47. The number of hydrogen-bond donors (Lipinski definition) is 1. The van der Waals surface area contributed by atoms with Crippen molar-refractivity contribution >= 4 is 0 Å². The van der Waals surface area contributed by atoms with E-state index in [0.29, 0.717) is 0 Å². The van der Waals surface area contributed by atoms with Crippen LogP contribution in [0.2, 0.25) is 0 Å². The first kappa shape index (κ1) is 6.63. The molecule has 1 saturated heterocycles. The third kappa shape index (κ3) is 1.33. The van der Waals surface area contributed by atoms with Crippen molar-refractivity contribution in [1.82, 2.24) is 20.7 Å². The lowest BCUT2D eigenvalue weighted by Crippen LogP contribution is -2.15. The maximum Gasteiger partial charge on any atom is 0.153 e. The van der Waals surface area contributed by atoms with Crippen LogP contribution >= 0.6 is 0 Å². The van der Waals surface area contributed by atoms with Gasteiger partial charge in [-0.25, -0.2) is 0 Å². The summed E-state index contributed by atoms with van der Waals surface area (Å²) < 4.78 is 5.30. The van der Waals surface area contributed by atoms with Gasteiger partial charge in [-0.1, -0.05) is 0 Å². The van der Waals surface area contributed by atoms with Gasteiger partial charge in [0.25, 0.3) is 0 Å². The van der Waals surface area contributed by atoms with Crippen molar-refractivity contribution in [1.29, 1.82) is 0 Å². The van der Waals surface area contributed by atoms with E-state index in [1.807, 2.05) is 0 Å². The summed E-state index contributed by atoms with van der Waals surface area (Å²) in [5, 5.41) is 14.0. The summed E-state index contributed by atoms with van der Waals surface area (Å²) in [7, 11) is 0. The van der Waals surface area contributed by atoms with Gasteiger partial charge in [0, 0.05) is 6.54 Å². The molecule has 1 unspecified atom stereocenters. The summed E-state index contributed by atoms with van der Waals surface area (Å²) in [6.45, 7) is 1.60. The van der Waals surface area contributed by atoms with E-state index in [-0.39, 0.29) is 6.23 Å². The van der Waals surface area contributed by atoms with E-state index < -0.39 is 0 Å². The lowest BCUT2D eigenvalue weighted by atomic mass is 10.4. The van der Waals surface area contributed by atoms with Crippen LogP contribution in [0.15, 0.2) is 12.3 Å². The average Bonchev–Trinajstić information content (AvgIpc) is 2.58. The summed E-state index contributed by atoms with van der Waals surface area (Å²) in [5.74, 6) is 0. The van der Waals surface area contributed by atoms with Crippen LogP contribution in [0.3, 0.4) is 0 Å². The van der Waals surface area contributed by atoms with Crippen molar-refractivity contribution < 1.29 is 4.74 Å². The van der Waals surface area contributed by atoms with Gasteiger partial charge in [-0.05, 0) is 11.3 Å². The fourth-order valence-corrected chi connectivity index (χ4v) is 1.01. The quantitative estimate of drug-likeness (QED) is 0.587. The third-order valence-corrected chi connectivity index (χ3v) is 1.51. The first-order valence-electron chi connectivity index (χ1n) is 3.46. The van der Waals surface area contributed by atoms with E-state index in [4.69, 9.17) is 4.74 Å². The van der Waals surface area contributed by atoms with Crippen LogP contribution in [0.1, 0.15) is 11.9 Å². The van der Waals surface area contributed by atoms with Gasteiger partial charge in [0.2, 0.25) is 0 Å². The van der Waals surface area contributed by atoms with Crippen molar-refractivity contribution in [3.05, 3.63) is 18.0 Å². The zero-order valence-corrected chi connectivity index (χ0v) is 5.90. The van der Waals surface area contributed by atoms with Gasteiger partial charge in [-0.15, -0.1) is 10.2 Å². The molecule has 0 amide bonds. The largest absolute Gasteiger partial charge is 0.356 e.